The summed E-state index contributed by atoms with van der Waals surface area (Å²) in [7, 11) is 3.26. The summed E-state index contributed by atoms with van der Waals surface area (Å²) >= 11 is 1.44. The van der Waals surface area contributed by atoms with Gasteiger partial charge >= 0.3 is 0 Å². The zero-order valence-corrected chi connectivity index (χ0v) is 17.1. The third kappa shape index (κ3) is 3.92. The Morgan fingerprint density at radius 1 is 1.03 bits per heavy atom. The van der Waals surface area contributed by atoms with Gasteiger partial charge in [-0.25, -0.2) is 13.8 Å². The van der Waals surface area contributed by atoms with Crippen LogP contribution in [0.1, 0.15) is 31.7 Å². The standard InChI is InChI=1S/C22H22F2N2O2S/c1-27-16-8-10-21(28-2)17(12-16)20-13-29-22(26(20)15-5-3-4-6-15)25-19-9-7-14(23)11-18(19)24/h7-13,15H,3-6H2,1-2H3. The number of hydrogen-bond acceptors (Lipinski definition) is 4. The fourth-order valence-corrected chi connectivity index (χ4v) is 4.77. The molecule has 0 aliphatic heterocycles. The Balaban J connectivity index is 1.92. The highest BCUT2D eigenvalue weighted by Gasteiger charge is 2.23. The third-order valence-corrected chi connectivity index (χ3v) is 6.08. The fraction of sp³-hybridized carbons (Fsp3) is 0.318. The Morgan fingerprint density at radius 2 is 1.83 bits per heavy atom. The minimum atomic E-state index is -0.670. The van der Waals surface area contributed by atoms with Crippen molar-refractivity contribution in [2.45, 2.75) is 31.7 Å². The van der Waals surface area contributed by atoms with Crippen molar-refractivity contribution in [2.24, 2.45) is 4.99 Å². The molecule has 0 spiro atoms. The molecule has 1 aliphatic carbocycles. The van der Waals surface area contributed by atoms with Crippen molar-refractivity contribution in [3.63, 3.8) is 0 Å². The SMILES string of the molecule is COc1ccc(OC)c(-c2csc(=Nc3ccc(F)cc3F)n2C2CCCC2)c1. The number of benzene rings is 2. The largest absolute Gasteiger partial charge is 0.497 e. The molecule has 0 unspecified atom stereocenters. The summed E-state index contributed by atoms with van der Waals surface area (Å²) in [4.78, 5) is 5.22. The molecule has 4 nitrogen and oxygen atoms in total. The molecule has 2 aromatic carbocycles. The van der Waals surface area contributed by atoms with Crippen LogP contribution in [0.15, 0.2) is 46.8 Å². The van der Waals surface area contributed by atoms with Gasteiger partial charge in [0, 0.05) is 23.1 Å². The first kappa shape index (κ1) is 19.6. The summed E-state index contributed by atoms with van der Waals surface area (Å²) in [6, 6.07) is 9.40. The van der Waals surface area contributed by atoms with Gasteiger partial charge in [-0.05, 0) is 43.2 Å². The Kier molecular flexibility index (Phi) is 5.67. The first-order valence-electron chi connectivity index (χ1n) is 9.53. The molecule has 7 heteroatoms. The predicted molar refractivity (Wildman–Crippen MR) is 110 cm³/mol. The Morgan fingerprint density at radius 3 is 2.52 bits per heavy atom. The van der Waals surface area contributed by atoms with Crippen LogP contribution >= 0.6 is 11.3 Å². The summed E-state index contributed by atoms with van der Waals surface area (Å²) in [5.74, 6) is 0.179. The molecule has 0 radical (unpaired) electrons. The van der Waals surface area contributed by atoms with E-state index in [0.29, 0.717) is 4.80 Å². The van der Waals surface area contributed by atoms with E-state index in [-0.39, 0.29) is 11.7 Å². The van der Waals surface area contributed by atoms with E-state index in [1.807, 2.05) is 23.6 Å². The summed E-state index contributed by atoms with van der Waals surface area (Å²) in [6.07, 6.45) is 4.36. The number of methoxy groups -OCH3 is 2. The van der Waals surface area contributed by atoms with Crippen LogP contribution in [-0.4, -0.2) is 18.8 Å². The van der Waals surface area contributed by atoms with Crippen LogP contribution in [0, 0.1) is 11.6 Å². The fourth-order valence-electron chi connectivity index (χ4n) is 3.80. The number of nitrogens with zero attached hydrogens (tertiary/aromatic N) is 2. The number of aromatic nitrogens is 1. The molecule has 4 rings (SSSR count). The van der Waals surface area contributed by atoms with E-state index >= 15 is 0 Å². The molecule has 152 valence electrons. The maximum absolute atomic E-state index is 14.2. The average molecular weight is 416 g/mol. The Bertz CT molecular complexity index is 1080. The summed E-state index contributed by atoms with van der Waals surface area (Å²) in [5, 5.41) is 2.01. The molecule has 1 aromatic heterocycles. The zero-order chi connectivity index (χ0) is 20.4. The topological polar surface area (TPSA) is 35.8 Å². The van der Waals surface area contributed by atoms with Gasteiger partial charge in [0.05, 0.1) is 19.9 Å². The van der Waals surface area contributed by atoms with Crippen LogP contribution in [-0.2, 0) is 0 Å². The van der Waals surface area contributed by atoms with Gasteiger partial charge in [-0.1, -0.05) is 12.8 Å². The van der Waals surface area contributed by atoms with Crippen molar-refractivity contribution >= 4 is 17.0 Å². The minimum Gasteiger partial charge on any atom is -0.497 e. The number of halogens is 2. The summed E-state index contributed by atoms with van der Waals surface area (Å²) in [5.41, 5.74) is 1.99. The first-order valence-corrected chi connectivity index (χ1v) is 10.4. The molecule has 0 N–H and O–H groups in total. The highest BCUT2D eigenvalue weighted by Crippen LogP contribution is 2.38. The van der Waals surface area contributed by atoms with Crippen molar-refractivity contribution in [3.05, 3.63) is 58.2 Å². The van der Waals surface area contributed by atoms with E-state index in [2.05, 4.69) is 9.56 Å². The van der Waals surface area contributed by atoms with Crippen LogP contribution < -0.4 is 14.3 Å². The van der Waals surface area contributed by atoms with Crippen LogP contribution in [0.25, 0.3) is 11.3 Å². The number of thiazole rings is 1. The van der Waals surface area contributed by atoms with Crippen LogP contribution in [0.2, 0.25) is 0 Å². The molecule has 0 atom stereocenters. The van der Waals surface area contributed by atoms with E-state index in [9.17, 15) is 8.78 Å². The third-order valence-electron chi connectivity index (χ3n) is 5.24. The number of rotatable bonds is 5. The number of ether oxygens (including phenoxy) is 2. The van der Waals surface area contributed by atoms with Gasteiger partial charge in [0.2, 0.25) is 0 Å². The number of hydrogen-bond donors (Lipinski definition) is 0. The predicted octanol–water partition coefficient (Wildman–Crippen LogP) is 5.86. The molecule has 29 heavy (non-hydrogen) atoms. The van der Waals surface area contributed by atoms with E-state index in [1.165, 1.54) is 23.5 Å². The molecule has 0 bridgehead atoms. The molecule has 1 aliphatic rings. The summed E-state index contributed by atoms with van der Waals surface area (Å²) < 4.78 is 40.6. The smallest absolute Gasteiger partial charge is 0.190 e. The Hall–Kier alpha value is -2.67. The molecule has 3 aromatic rings. The van der Waals surface area contributed by atoms with Crippen molar-refractivity contribution in [1.29, 1.82) is 0 Å². The van der Waals surface area contributed by atoms with Gasteiger partial charge in [0.1, 0.15) is 23.0 Å². The highest BCUT2D eigenvalue weighted by atomic mass is 32.1. The molecule has 0 saturated heterocycles. The minimum absolute atomic E-state index is 0.129. The zero-order valence-electron chi connectivity index (χ0n) is 16.3. The van der Waals surface area contributed by atoms with Gasteiger partial charge in [-0.2, -0.15) is 0 Å². The molecule has 1 saturated carbocycles. The second-order valence-corrected chi connectivity index (χ2v) is 7.82. The van der Waals surface area contributed by atoms with Gasteiger partial charge < -0.3 is 14.0 Å². The van der Waals surface area contributed by atoms with Crippen LogP contribution in [0.3, 0.4) is 0 Å². The summed E-state index contributed by atoms with van der Waals surface area (Å²) in [6.45, 7) is 0. The normalized spacial score (nSPS) is 15.1. The van der Waals surface area contributed by atoms with Gasteiger partial charge in [0.15, 0.2) is 10.6 Å². The lowest BCUT2D eigenvalue weighted by Crippen LogP contribution is -2.20. The maximum atomic E-state index is 14.2. The van der Waals surface area contributed by atoms with Gasteiger partial charge in [0.25, 0.3) is 0 Å². The molecule has 1 fully saturated rings. The Labute approximate surface area is 172 Å². The van der Waals surface area contributed by atoms with Gasteiger partial charge in [-0.3, -0.25) is 0 Å². The van der Waals surface area contributed by atoms with Gasteiger partial charge in [-0.15, -0.1) is 11.3 Å². The maximum Gasteiger partial charge on any atom is 0.190 e. The lowest BCUT2D eigenvalue weighted by Gasteiger charge is -2.18. The molecular weight excluding hydrogens is 394 g/mol. The molecular formula is C22H22F2N2O2S. The average Bonchev–Trinajstić information content (AvgIpc) is 3.39. The van der Waals surface area contributed by atoms with Crippen molar-refractivity contribution in [1.82, 2.24) is 4.57 Å². The second-order valence-electron chi connectivity index (χ2n) is 6.99. The lowest BCUT2D eigenvalue weighted by atomic mass is 10.1. The highest BCUT2D eigenvalue weighted by molar-refractivity contribution is 7.07. The lowest BCUT2D eigenvalue weighted by molar-refractivity contribution is 0.403. The van der Waals surface area contributed by atoms with Crippen molar-refractivity contribution in [3.8, 4) is 22.8 Å². The van der Waals surface area contributed by atoms with E-state index < -0.39 is 11.6 Å². The van der Waals surface area contributed by atoms with E-state index in [4.69, 9.17) is 9.47 Å². The molecule has 0 amide bonds. The van der Waals surface area contributed by atoms with Crippen molar-refractivity contribution < 1.29 is 18.3 Å². The molecule has 1 heterocycles. The van der Waals surface area contributed by atoms with Crippen LogP contribution in [0.4, 0.5) is 14.5 Å². The van der Waals surface area contributed by atoms with Crippen LogP contribution in [0.5, 0.6) is 11.5 Å². The quantitative estimate of drug-likeness (QED) is 0.522. The first-order chi connectivity index (χ1) is 14.1. The van der Waals surface area contributed by atoms with E-state index in [1.54, 1.807) is 14.2 Å². The van der Waals surface area contributed by atoms with E-state index in [0.717, 1.165) is 54.5 Å². The second kappa shape index (κ2) is 8.37. The monoisotopic (exact) mass is 416 g/mol. The van der Waals surface area contributed by atoms with Crippen molar-refractivity contribution in [2.75, 3.05) is 14.2 Å².